The van der Waals surface area contributed by atoms with E-state index in [1.807, 2.05) is 30.3 Å². The van der Waals surface area contributed by atoms with E-state index in [-0.39, 0.29) is 17.6 Å². The lowest BCUT2D eigenvalue weighted by Crippen LogP contribution is -2.36. The second-order valence-electron chi connectivity index (χ2n) is 5.48. The van der Waals surface area contributed by atoms with E-state index >= 15 is 0 Å². The van der Waals surface area contributed by atoms with Gasteiger partial charge in [-0.15, -0.1) is 0 Å². The van der Waals surface area contributed by atoms with Crippen LogP contribution in [-0.4, -0.2) is 30.3 Å². The van der Waals surface area contributed by atoms with Gasteiger partial charge in [-0.1, -0.05) is 30.3 Å². The van der Waals surface area contributed by atoms with Gasteiger partial charge in [-0.2, -0.15) is 5.10 Å². The van der Waals surface area contributed by atoms with Gasteiger partial charge in [0.2, 0.25) is 5.91 Å². The van der Waals surface area contributed by atoms with Gasteiger partial charge in [-0.3, -0.25) is 4.79 Å². The summed E-state index contributed by atoms with van der Waals surface area (Å²) < 4.78 is 0. The Balaban J connectivity index is 1.75. The molecule has 5 nitrogen and oxygen atoms in total. The molecule has 0 radical (unpaired) electrons. The number of rotatable bonds is 3. The summed E-state index contributed by atoms with van der Waals surface area (Å²) in [7, 11) is 0. The summed E-state index contributed by atoms with van der Waals surface area (Å²) in [6.07, 6.45) is 3.18. The molecule has 1 aliphatic rings. The van der Waals surface area contributed by atoms with Crippen molar-refractivity contribution in [2.45, 2.75) is 12.8 Å². The number of nitrogens with zero attached hydrogens (tertiary/aromatic N) is 1. The van der Waals surface area contributed by atoms with E-state index in [2.05, 4.69) is 15.8 Å². The normalized spacial score (nSPS) is 16.2. The molecule has 3 N–H and O–H groups in total. The molecule has 2 aromatic carbocycles. The lowest BCUT2D eigenvalue weighted by atomic mass is 9.98. The van der Waals surface area contributed by atoms with Crippen molar-refractivity contribution in [2.75, 3.05) is 13.1 Å². The van der Waals surface area contributed by atoms with Crippen LogP contribution in [0.1, 0.15) is 18.4 Å². The number of benzene rings is 2. The van der Waals surface area contributed by atoms with Crippen LogP contribution in [0.5, 0.6) is 5.75 Å². The molecule has 5 heteroatoms. The predicted molar refractivity (Wildman–Crippen MR) is 86.9 cm³/mol. The first kappa shape index (κ1) is 14.5. The highest BCUT2D eigenvalue weighted by atomic mass is 16.3. The molecular weight excluding hydrogens is 278 g/mol. The summed E-state index contributed by atoms with van der Waals surface area (Å²) in [6.45, 7) is 1.73. The number of phenolic OH excluding ortho intramolecular Hbond substituents is 1. The Hall–Kier alpha value is -2.40. The number of amides is 1. The largest absolute Gasteiger partial charge is 0.507 e. The molecule has 0 aromatic heterocycles. The molecule has 2 aromatic rings. The van der Waals surface area contributed by atoms with Gasteiger partial charge in [0.15, 0.2) is 0 Å². The first-order valence-corrected chi connectivity index (χ1v) is 7.50. The Morgan fingerprint density at radius 3 is 2.82 bits per heavy atom. The Morgan fingerprint density at radius 2 is 2.00 bits per heavy atom. The van der Waals surface area contributed by atoms with Gasteiger partial charge in [0.05, 0.1) is 6.21 Å². The Labute approximate surface area is 129 Å². The first-order chi connectivity index (χ1) is 10.8. The summed E-state index contributed by atoms with van der Waals surface area (Å²) >= 11 is 0. The van der Waals surface area contributed by atoms with Gasteiger partial charge in [-0.25, -0.2) is 5.43 Å². The first-order valence-electron chi connectivity index (χ1n) is 7.50. The zero-order chi connectivity index (χ0) is 15.4. The number of hydrazone groups is 1. The monoisotopic (exact) mass is 297 g/mol. The molecule has 1 heterocycles. The molecule has 1 saturated heterocycles. The molecule has 0 spiro atoms. The molecule has 0 unspecified atom stereocenters. The molecule has 0 atom stereocenters. The molecule has 0 bridgehead atoms. The SMILES string of the molecule is O=C(NN=Cc1c(O)ccc2ccccc12)C1CCNCC1. The number of fused-ring (bicyclic) bond motifs is 1. The average molecular weight is 297 g/mol. The molecule has 22 heavy (non-hydrogen) atoms. The maximum Gasteiger partial charge on any atom is 0.243 e. The van der Waals surface area contributed by atoms with Crippen LogP contribution < -0.4 is 10.7 Å². The van der Waals surface area contributed by atoms with Crippen molar-refractivity contribution in [2.24, 2.45) is 11.0 Å². The number of nitrogens with one attached hydrogen (secondary N) is 2. The van der Waals surface area contributed by atoms with Crippen LogP contribution in [0.2, 0.25) is 0 Å². The van der Waals surface area contributed by atoms with Gasteiger partial charge in [0.1, 0.15) is 5.75 Å². The van der Waals surface area contributed by atoms with Crippen molar-refractivity contribution in [3.8, 4) is 5.75 Å². The van der Waals surface area contributed by atoms with Crippen molar-refractivity contribution >= 4 is 22.9 Å². The number of carbonyl (C=O) groups is 1. The lowest BCUT2D eigenvalue weighted by Gasteiger charge is -2.20. The highest BCUT2D eigenvalue weighted by molar-refractivity contribution is 6.02. The van der Waals surface area contributed by atoms with E-state index in [0.29, 0.717) is 5.56 Å². The quantitative estimate of drug-likeness (QED) is 0.599. The topological polar surface area (TPSA) is 73.7 Å². The number of hydrogen-bond donors (Lipinski definition) is 3. The fourth-order valence-corrected chi connectivity index (χ4v) is 2.76. The van der Waals surface area contributed by atoms with Crippen molar-refractivity contribution in [1.29, 1.82) is 0 Å². The van der Waals surface area contributed by atoms with Crippen molar-refractivity contribution < 1.29 is 9.90 Å². The Kier molecular flexibility index (Phi) is 4.34. The molecule has 0 saturated carbocycles. The third-order valence-electron chi connectivity index (χ3n) is 4.03. The van der Waals surface area contributed by atoms with E-state index in [4.69, 9.17) is 0 Å². The van der Waals surface area contributed by atoms with Crippen molar-refractivity contribution in [1.82, 2.24) is 10.7 Å². The second-order valence-corrected chi connectivity index (χ2v) is 5.48. The van der Waals surface area contributed by atoms with Gasteiger partial charge in [0, 0.05) is 11.5 Å². The fourth-order valence-electron chi connectivity index (χ4n) is 2.76. The van der Waals surface area contributed by atoms with Gasteiger partial charge < -0.3 is 10.4 Å². The van der Waals surface area contributed by atoms with E-state index in [1.165, 1.54) is 6.21 Å². The van der Waals surface area contributed by atoms with Crippen LogP contribution in [0.25, 0.3) is 10.8 Å². The molecule has 1 amide bonds. The van der Waals surface area contributed by atoms with Crippen molar-refractivity contribution in [3.63, 3.8) is 0 Å². The number of carbonyl (C=O) groups excluding carboxylic acids is 1. The van der Waals surface area contributed by atoms with Crippen LogP contribution in [0.15, 0.2) is 41.5 Å². The smallest absolute Gasteiger partial charge is 0.243 e. The van der Waals surface area contributed by atoms with Crippen LogP contribution >= 0.6 is 0 Å². The molecule has 1 fully saturated rings. The van der Waals surface area contributed by atoms with Crippen LogP contribution in [0.4, 0.5) is 0 Å². The van der Waals surface area contributed by atoms with E-state index in [1.54, 1.807) is 6.07 Å². The summed E-state index contributed by atoms with van der Waals surface area (Å²) in [4.78, 5) is 12.0. The molecule has 0 aliphatic carbocycles. The second kappa shape index (κ2) is 6.58. The zero-order valence-electron chi connectivity index (χ0n) is 12.2. The number of piperidine rings is 1. The maximum absolute atomic E-state index is 12.0. The minimum atomic E-state index is -0.0579. The van der Waals surface area contributed by atoms with Crippen LogP contribution in [0, 0.1) is 5.92 Å². The minimum Gasteiger partial charge on any atom is -0.507 e. The summed E-state index contributed by atoms with van der Waals surface area (Å²) in [6, 6.07) is 11.2. The van der Waals surface area contributed by atoms with Crippen LogP contribution in [0.3, 0.4) is 0 Å². The van der Waals surface area contributed by atoms with Crippen LogP contribution in [-0.2, 0) is 4.79 Å². The summed E-state index contributed by atoms with van der Waals surface area (Å²) in [5, 5.41) is 19.2. The van der Waals surface area contributed by atoms with Gasteiger partial charge in [0.25, 0.3) is 0 Å². The number of hydrogen-bond acceptors (Lipinski definition) is 4. The van der Waals surface area contributed by atoms with E-state index in [9.17, 15) is 9.90 Å². The molecule has 3 rings (SSSR count). The molecule has 114 valence electrons. The van der Waals surface area contributed by atoms with Gasteiger partial charge in [-0.05, 0) is 42.8 Å². The number of aromatic hydroxyl groups is 1. The maximum atomic E-state index is 12.0. The predicted octanol–water partition coefficient (Wildman–Crippen LogP) is 2.00. The highest BCUT2D eigenvalue weighted by Crippen LogP contribution is 2.25. The average Bonchev–Trinajstić information content (AvgIpc) is 2.57. The van der Waals surface area contributed by atoms with E-state index in [0.717, 1.165) is 36.7 Å². The standard InChI is InChI=1S/C17H19N3O2/c21-16-6-5-12-3-1-2-4-14(12)15(16)11-19-20-17(22)13-7-9-18-10-8-13/h1-6,11,13,18,21H,7-10H2,(H,20,22). The third-order valence-corrected chi connectivity index (χ3v) is 4.03. The summed E-state index contributed by atoms with van der Waals surface area (Å²) in [5.74, 6) is 0.107. The highest BCUT2D eigenvalue weighted by Gasteiger charge is 2.20. The lowest BCUT2D eigenvalue weighted by molar-refractivity contribution is -0.125. The van der Waals surface area contributed by atoms with Gasteiger partial charge >= 0.3 is 0 Å². The third kappa shape index (κ3) is 3.09. The molecular formula is C17H19N3O2. The minimum absolute atomic E-state index is 0.0134. The number of phenols is 1. The molecule has 1 aliphatic heterocycles. The Morgan fingerprint density at radius 1 is 1.23 bits per heavy atom. The summed E-state index contributed by atoms with van der Waals surface area (Å²) in [5.41, 5.74) is 3.20. The fraction of sp³-hybridized carbons (Fsp3) is 0.294. The zero-order valence-corrected chi connectivity index (χ0v) is 12.2. The van der Waals surface area contributed by atoms with E-state index < -0.39 is 0 Å². The van der Waals surface area contributed by atoms with Crippen molar-refractivity contribution in [3.05, 3.63) is 42.0 Å². The Bertz CT molecular complexity index is 706.